The molecule has 0 aliphatic heterocycles. The molecule has 1 N–H and O–H groups in total. The first-order chi connectivity index (χ1) is 9.94. The third-order valence-corrected chi connectivity index (χ3v) is 5.78. The van der Waals surface area contributed by atoms with E-state index >= 15 is 0 Å². The summed E-state index contributed by atoms with van der Waals surface area (Å²) in [6, 6.07) is 1.85. The molecule has 0 saturated heterocycles. The maximum Gasteiger partial charge on any atom is 0.310 e. The van der Waals surface area contributed by atoms with Crippen LogP contribution in [0.2, 0.25) is 0 Å². The topological polar surface area (TPSA) is 90.3 Å². The molecule has 1 saturated carbocycles. The number of esters is 1. The molecule has 1 aliphatic rings. The van der Waals surface area contributed by atoms with E-state index in [1.54, 1.807) is 4.68 Å². The van der Waals surface area contributed by atoms with Crippen molar-refractivity contribution >= 4 is 16.0 Å². The summed E-state index contributed by atoms with van der Waals surface area (Å²) in [5.74, 6) is -0.991. The molecule has 2 unspecified atom stereocenters. The number of carbonyl (C=O) groups excluding carboxylic acids is 1. The molecule has 1 aromatic rings. The van der Waals surface area contributed by atoms with Crippen LogP contribution in [-0.4, -0.2) is 43.1 Å². The van der Waals surface area contributed by atoms with Crippen LogP contribution in [0.3, 0.4) is 0 Å². The summed E-state index contributed by atoms with van der Waals surface area (Å²) in [6.45, 7) is 0.281. The van der Waals surface area contributed by atoms with Gasteiger partial charge in [0.2, 0.25) is 10.0 Å². The van der Waals surface area contributed by atoms with Gasteiger partial charge in [0.25, 0.3) is 0 Å². The van der Waals surface area contributed by atoms with Crippen LogP contribution < -0.4 is 4.72 Å². The van der Waals surface area contributed by atoms with Crippen LogP contribution >= 0.6 is 0 Å². The van der Waals surface area contributed by atoms with Crippen LogP contribution in [0.15, 0.2) is 12.3 Å². The van der Waals surface area contributed by atoms with Crippen molar-refractivity contribution in [2.45, 2.75) is 30.9 Å². The monoisotopic (exact) mass is 315 g/mol. The van der Waals surface area contributed by atoms with Gasteiger partial charge >= 0.3 is 5.97 Å². The molecule has 2 rings (SSSR count). The Kier molecular flexibility index (Phi) is 5.00. The number of carbonyl (C=O) groups is 1. The van der Waals surface area contributed by atoms with Crippen molar-refractivity contribution in [2.24, 2.45) is 13.0 Å². The Balaban J connectivity index is 1.93. The van der Waals surface area contributed by atoms with Crippen LogP contribution in [0.4, 0.5) is 0 Å². The maximum atomic E-state index is 12.3. The smallest absolute Gasteiger partial charge is 0.310 e. The van der Waals surface area contributed by atoms with E-state index in [0.717, 1.165) is 12.1 Å². The zero-order valence-electron chi connectivity index (χ0n) is 12.3. The van der Waals surface area contributed by atoms with E-state index in [2.05, 4.69) is 9.82 Å². The van der Waals surface area contributed by atoms with E-state index in [9.17, 15) is 13.2 Å². The fourth-order valence-electron chi connectivity index (χ4n) is 2.74. The molecule has 0 radical (unpaired) electrons. The van der Waals surface area contributed by atoms with Gasteiger partial charge in [-0.2, -0.15) is 5.10 Å². The van der Waals surface area contributed by atoms with Crippen molar-refractivity contribution in [3.8, 4) is 0 Å². The Bertz CT molecular complexity index is 596. The first-order valence-corrected chi connectivity index (χ1v) is 8.53. The summed E-state index contributed by atoms with van der Waals surface area (Å²) in [7, 11) is -0.410. The molecule has 1 heterocycles. The molecular formula is C13H21N3O4S. The summed E-state index contributed by atoms with van der Waals surface area (Å²) in [4.78, 5) is 11.6. The van der Waals surface area contributed by atoms with Crippen molar-refractivity contribution in [3.63, 3.8) is 0 Å². The molecular weight excluding hydrogens is 294 g/mol. The van der Waals surface area contributed by atoms with Crippen LogP contribution in [0.1, 0.15) is 25.0 Å². The van der Waals surface area contributed by atoms with E-state index in [1.807, 2.05) is 19.3 Å². The number of methoxy groups -OCH3 is 1. The predicted molar refractivity (Wildman–Crippen MR) is 77.0 cm³/mol. The van der Waals surface area contributed by atoms with Gasteiger partial charge < -0.3 is 4.74 Å². The first kappa shape index (κ1) is 16.0. The minimum atomic E-state index is -3.51. The Morgan fingerprint density at radius 2 is 2.29 bits per heavy atom. The highest BCUT2D eigenvalue weighted by molar-refractivity contribution is 7.90. The highest BCUT2D eigenvalue weighted by Crippen LogP contribution is 2.31. The highest BCUT2D eigenvalue weighted by Gasteiger charge is 2.41. The third-order valence-electron chi connectivity index (χ3n) is 3.81. The van der Waals surface area contributed by atoms with E-state index in [1.165, 1.54) is 7.11 Å². The molecule has 1 aromatic heterocycles. The lowest BCUT2D eigenvalue weighted by molar-refractivity contribution is -0.145. The second-order valence-electron chi connectivity index (χ2n) is 5.27. The lowest BCUT2D eigenvalue weighted by Gasteiger charge is -2.18. The van der Waals surface area contributed by atoms with Crippen LogP contribution in [0.25, 0.3) is 0 Å². The van der Waals surface area contributed by atoms with Gasteiger partial charge in [-0.15, -0.1) is 0 Å². The maximum absolute atomic E-state index is 12.3. The second kappa shape index (κ2) is 6.57. The Labute approximate surface area is 124 Å². The number of hydrogen-bond acceptors (Lipinski definition) is 5. The summed E-state index contributed by atoms with van der Waals surface area (Å²) < 4.78 is 33.6. The van der Waals surface area contributed by atoms with Gasteiger partial charge in [0.1, 0.15) is 0 Å². The van der Waals surface area contributed by atoms with Gasteiger partial charge in [-0.05, 0) is 18.9 Å². The van der Waals surface area contributed by atoms with Crippen molar-refractivity contribution in [3.05, 3.63) is 18.0 Å². The number of sulfonamides is 1. The van der Waals surface area contributed by atoms with Crippen molar-refractivity contribution in [1.29, 1.82) is 0 Å². The first-order valence-electron chi connectivity index (χ1n) is 6.99. The fraction of sp³-hybridized carbons (Fsp3) is 0.692. The zero-order chi connectivity index (χ0) is 15.5. The Hall–Kier alpha value is -1.41. The summed E-state index contributed by atoms with van der Waals surface area (Å²) >= 11 is 0. The quantitative estimate of drug-likeness (QED) is 0.759. The largest absolute Gasteiger partial charge is 0.469 e. The Morgan fingerprint density at radius 1 is 1.52 bits per heavy atom. The summed E-state index contributed by atoms with van der Waals surface area (Å²) in [5.41, 5.74) is 0.830. The standard InChI is InChI=1S/C13H21N3O4S/c1-16-9-7-10(15-16)6-8-14-21(18,19)12-5-3-4-11(12)13(17)20-2/h7,9,11-12,14H,3-6,8H2,1-2H3. The molecule has 1 aliphatic carbocycles. The molecule has 0 bridgehead atoms. The number of aromatic nitrogens is 2. The molecule has 0 amide bonds. The van der Waals surface area contributed by atoms with Crippen LogP contribution in [-0.2, 0) is 33.0 Å². The number of nitrogens with one attached hydrogen (secondary N) is 1. The summed E-state index contributed by atoms with van der Waals surface area (Å²) in [6.07, 6.45) is 4.13. The molecule has 7 nitrogen and oxygen atoms in total. The lowest BCUT2D eigenvalue weighted by Crippen LogP contribution is -2.40. The average molecular weight is 315 g/mol. The van der Waals surface area contributed by atoms with Gasteiger partial charge in [-0.3, -0.25) is 9.48 Å². The van der Waals surface area contributed by atoms with Gasteiger partial charge in [0.05, 0.1) is 24.0 Å². The van der Waals surface area contributed by atoms with Gasteiger partial charge in [-0.25, -0.2) is 13.1 Å². The highest BCUT2D eigenvalue weighted by atomic mass is 32.2. The molecule has 8 heteroatoms. The van der Waals surface area contributed by atoms with E-state index < -0.39 is 27.2 Å². The van der Waals surface area contributed by atoms with E-state index in [4.69, 9.17) is 4.74 Å². The normalized spacial score (nSPS) is 22.4. The van der Waals surface area contributed by atoms with Crippen molar-refractivity contribution in [1.82, 2.24) is 14.5 Å². The third kappa shape index (κ3) is 3.82. The molecule has 0 spiro atoms. The average Bonchev–Trinajstić information content (AvgIpc) is 3.07. The predicted octanol–water partition coefficient (Wildman–Crippen LogP) is 0.224. The lowest BCUT2D eigenvalue weighted by atomic mass is 10.1. The molecule has 1 fully saturated rings. The molecule has 118 valence electrons. The van der Waals surface area contributed by atoms with Gasteiger partial charge in [0, 0.05) is 26.2 Å². The number of aryl methyl sites for hydroxylation is 1. The molecule has 2 atom stereocenters. The van der Waals surface area contributed by atoms with Gasteiger partial charge in [-0.1, -0.05) is 6.42 Å². The van der Waals surface area contributed by atoms with Crippen molar-refractivity contribution < 1.29 is 17.9 Å². The SMILES string of the molecule is COC(=O)C1CCCC1S(=O)(=O)NCCc1ccn(C)n1. The van der Waals surface area contributed by atoms with Gasteiger partial charge in [0.15, 0.2) is 0 Å². The van der Waals surface area contributed by atoms with Crippen LogP contribution in [0.5, 0.6) is 0 Å². The number of ether oxygens (including phenoxy) is 1. The molecule has 21 heavy (non-hydrogen) atoms. The fourth-order valence-corrected chi connectivity index (χ4v) is 4.50. The van der Waals surface area contributed by atoms with E-state index in [-0.39, 0.29) is 6.54 Å². The number of nitrogens with zero attached hydrogens (tertiary/aromatic N) is 2. The number of rotatable bonds is 6. The Morgan fingerprint density at radius 3 is 2.90 bits per heavy atom. The number of hydrogen-bond donors (Lipinski definition) is 1. The van der Waals surface area contributed by atoms with Crippen LogP contribution in [0, 0.1) is 5.92 Å². The summed E-state index contributed by atoms with van der Waals surface area (Å²) in [5, 5.41) is 3.51. The molecule has 0 aromatic carbocycles. The minimum Gasteiger partial charge on any atom is -0.469 e. The zero-order valence-corrected chi connectivity index (χ0v) is 13.1. The van der Waals surface area contributed by atoms with E-state index in [0.29, 0.717) is 19.3 Å². The minimum absolute atomic E-state index is 0.281. The second-order valence-corrected chi connectivity index (χ2v) is 7.25. The van der Waals surface area contributed by atoms with Crippen molar-refractivity contribution in [2.75, 3.05) is 13.7 Å².